The number of esters is 1. The van der Waals surface area contributed by atoms with Gasteiger partial charge in [-0.05, 0) is 93.6 Å². The molecule has 51 heavy (non-hydrogen) atoms. The van der Waals surface area contributed by atoms with Gasteiger partial charge in [-0.1, -0.05) is 30.3 Å². The van der Waals surface area contributed by atoms with Gasteiger partial charge in [0.2, 0.25) is 0 Å². The summed E-state index contributed by atoms with van der Waals surface area (Å²) in [5.41, 5.74) is 6.45. The third-order valence-corrected chi connectivity index (χ3v) is 17.7. The molecular formula is C42H48N4O5. The van der Waals surface area contributed by atoms with E-state index in [1.54, 1.807) is 7.11 Å². The Bertz CT molecular complexity index is 2000. The van der Waals surface area contributed by atoms with E-state index in [4.69, 9.17) is 18.9 Å². The number of para-hydroxylation sites is 2. The second-order valence-electron chi connectivity index (χ2n) is 18.4. The Labute approximate surface area is 299 Å². The summed E-state index contributed by atoms with van der Waals surface area (Å²) in [4.78, 5) is 19.9. The van der Waals surface area contributed by atoms with Gasteiger partial charge in [0.25, 0.3) is 0 Å². The van der Waals surface area contributed by atoms with E-state index in [-0.39, 0.29) is 50.7 Å². The minimum Gasteiger partial charge on any atom is -0.495 e. The van der Waals surface area contributed by atoms with E-state index in [1.165, 1.54) is 29.7 Å². The Morgan fingerprint density at radius 1 is 0.882 bits per heavy atom. The Balaban J connectivity index is 1.08. The summed E-state index contributed by atoms with van der Waals surface area (Å²) in [5, 5.41) is 8.31. The van der Waals surface area contributed by atoms with Gasteiger partial charge < -0.3 is 29.6 Å². The normalized spacial score (nSPS) is 48.5. The monoisotopic (exact) mass is 688 g/mol. The van der Waals surface area contributed by atoms with Gasteiger partial charge in [0, 0.05) is 71.4 Å². The average molecular weight is 689 g/mol. The molecule has 0 amide bonds. The largest absolute Gasteiger partial charge is 0.495 e. The topological polar surface area (TPSA) is 84.5 Å². The quantitative estimate of drug-likeness (QED) is 0.432. The molecule has 9 heteroatoms. The summed E-state index contributed by atoms with van der Waals surface area (Å²) in [6.07, 6.45) is 8.85. The number of piperidine rings is 3. The van der Waals surface area contributed by atoms with E-state index in [2.05, 4.69) is 62.9 Å². The highest BCUT2D eigenvalue weighted by Crippen LogP contribution is 2.84. The molecule has 8 fully saturated rings. The van der Waals surface area contributed by atoms with Gasteiger partial charge in [0.05, 0.1) is 48.6 Å². The molecule has 0 radical (unpaired) electrons. The number of hydrogen-bond acceptors (Lipinski definition) is 9. The van der Waals surface area contributed by atoms with Crippen molar-refractivity contribution >= 4 is 17.3 Å². The van der Waals surface area contributed by atoms with Crippen molar-refractivity contribution in [2.24, 2.45) is 22.2 Å². The third-order valence-electron chi connectivity index (χ3n) is 17.7. The molecular weight excluding hydrogens is 640 g/mol. The molecule has 2 saturated carbocycles. The number of hydrogen-bond donors (Lipinski definition) is 2. The van der Waals surface area contributed by atoms with Crippen molar-refractivity contribution in [3.05, 3.63) is 64.9 Å². The molecule has 11 atom stereocenters. The summed E-state index contributed by atoms with van der Waals surface area (Å²) in [6, 6.07) is 16.4. The lowest BCUT2D eigenvalue weighted by Crippen LogP contribution is -2.79. The summed E-state index contributed by atoms with van der Waals surface area (Å²) in [7, 11) is 3.40. The lowest BCUT2D eigenvalue weighted by molar-refractivity contribution is -0.191. The Morgan fingerprint density at radius 2 is 1.73 bits per heavy atom. The second-order valence-corrected chi connectivity index (χ2v) is 18.4. The highest BCUT2D eigenvalue weighted by molar-refractivity contribution is 5.93. The van der Waals surface area contributed by atoms with Crippen LogP contribution in [0.2, 0.25) is 0 Å². The van der Waals surface area contributed by atoms with E-state index < -0.39 is 0 Å². The van der Waals surface area contributed by atoms with Crippen LogP contribution in [0.3, 0.4) is 0 Å². The molecule has 6 saturated heterocycles. The van der Waals surface area contributed by atoms with Crippen LogP contribution in [0.15, 0.2) is 53.7 Å². The fraction of sp³-hybridized carbons (Fsp3) is 0.643. The van der Waals surface area contributed by atoms with Gasteiger partial charge in [0.1, 0.15) is 5.75 Å². The fourth-order valence-corrected chi connectivity index (χ4v) is 17.0. The number of benzene rings is 2. The summed E-state index contributed by atoms with van der Waals surface area (Å²) < 4.78 is 26.0. The SMILES string of the molecule is COC(=O)C1=C2Nc3ccccc3C23CCN2CC4(CC5CC67CCOC6CCN6CCC48c4cccc(OC)c4NC58C67)C4OCCC4(C1)C23. The Morgan fingerprint density at radius 3 is 2.63 bits per heavy atom. The zero-order chi connectivity index (χ0) is 33.8. The number of carbonyl (C=O) groups is 1. The van der Waals surface area contributed by atoms with Crippen LogP contribution >= 0.6 is 0 Å². The molecule has 2 aromatic carbocycles. The number of fused-ring (bicyclic) bond motifs is 3. The minimum absolute atomic E-state index is 0.0262. The molecule has 266 valence electrons. The zero-order valence-corrected chi connectivity index (χ0v) is 29.8. The number of carbonyl (C=O) groups excluding carboxylic acids is 1. The van der Waals surface area contributed by atoms with Crippen LogP contribution < -0.4 is 15.4 Å². The van der Waals surface area contributed by atoms with Crippen LogP contribution in [0, 0.1) is 22.2 Å². The van der Waals surface area contributed by atoms with Crippen molar-refractivity contribution in [3.63, 3.8) is 0 Å². The maximum atomic E-state index is 14.1. The highest BCUT2D eigenvalue weighted by Gasteiger charge is 2.89. The molecule has 8 aliphatic heterocycles. The molecule has 11 unspecified atom stereocenters. The van der Waals surface area contributed by atoms with Crippen molar-refractivity contribution in [1.82, 2.24) is 9.80 Å². The van der Waals surface area contributed by atoms with Gasteiger partial charge in [-0.2, -0.15) is 0 Å². The van der Waals surface area contributed by atoms with Crippen molar-refractivity contribution in [2.75, 3.05) is 64.2 Å². The number of rotatable bonds is 2. The van der Waals surface area contributed by atoms with E-state index in [0.717, 1.165) is 94.2 Å². The lowest BCUT2D eigenvalue weighted by atomic mass is 9.42. The van der Waals surface area contributed by atoms with Gasteiger partial charge in [-0.25, -0.2) is 4.79 Å². The van der Waals surface area contributed by atoms with Crippen LogP contribution in [0.25, 0.3) is 0 Å². The first-order chi connectivity index (χ1) is 24.9. The molecule has 11 aliphatic rings. The molecule has 0 aromatic heterocycles. The first-order valence-corrected chi connectivity index (χ1v) is 19.8. The number of ether oxygens (including phenoxy) is 4. The molecule has 8 heterocycles. The third kappa shape index (κ3) is 2.73. The predicted octanol–water partition coefficient (Wildman–Crippen LogP) is 4.82. The van der Waals surface area contributed by atoms with Crippen molar-refractivity contribution in [2.45, 2.75) is 92.0 Å². The van der Waals surface area contributed by atoms with Crippen LogP contribution in [0.5, 0.6) is 5.75 Å². The molecule has 5 spiro atoms. The summed E-state index contributed by atoms with van der Waals surface area (Å²) in [6.45, 7) is 5.91. The average Bonchev–Trinajstić information content (AvgIpc) is 4.01. The van der Waals surface area contributed by atoms with E-state index >= 15 is 0 Å². The number of nitrogens with one attached hydrogen (secondary N) is 2. The summed E-state index contributed by atoms with van der Waals surface area (Å²) >= 11 is 0. The van der Waals surface area contributed by atoms with Crippen molar-refractivity contribution < 1.29 is 23.7 Å². The number of methoxy groups -OCH3 is 2. The van der Waals surface area contributed by atoms with Crippen molar-refractivity contribution in [1.29, 1.82) is 0 Å². The maximum absolute atomic E-state index is 14.1. The molecule has 3 aliphatic carbocycles. The van der Waals surface area contributed by atoms with Gasteiger partial charge in [-0.3, -0.25) is 9.80 Å². The van der Waals surface area contributed by atoms with E-state index in [9.17, 15) is 4.79 Å². The fourth-order valence-electron chi connectivity index (χ4n) is 17.0. The predicted molar refractivity (Wildman–Crippen MR) is 190 cm³/mol. The van der Waals surface area contributed by atoms with Gasteiger partial charge in [-0.15, -0.1) is 0 Å². The standard InChI is InChI=1S/C42H48N4O5/c1-48-29-9-5-7-27-31(29)44-42-24-20-37-13-18-50-30(37)10-15-45(35(37)42)17-12-41(27,42)39(21-24)23-46-16-11-40-26-6-3-4-8-28(26)43-32(40)25(33(47)49-2)22-38(34(40)46)14-19-51-36(38)39/h3-9,24,30,34-36,43-44H,10-23H2,1-2H3. The molecule has 2 N–H and O–H groups in total. The maximum Gasteiger partial charge on any atom is 0.335 e. The molecule has 13 rings (SSSR count). The zero-order valence-electron chi connectivity index (χ0n) is 29.8. The number of anilines is 2. The molecule has 0 bridgehead atoms. The van der Waals surface area contributed by atoms with Gasteiger partial charge >= 0.3 is 5.97 Å². The van der Waals surface area contributed by atoms with Gasteiger partial charge in [0.15, 0.2) is 0 Å². The summed E-state index contributed by atoms with van der Waals surface area (Å²) in [5.74, 6) is 1.28. The van der Waals surface area contributed by atoms with Crippen LogP contribution in [0.4, 0.5) is 11.4 Å². The first kappa shape index (κ1) is 29.4. The van der Waals surface area contributed by atoms with Crippen molar-refractivity contribution in [3.8, 4) is 5.75 Å². The second kappa shape index (κ2) is 8.98. The van der Waals surface area contributed by atoms with Crippen LogP contribution in [-0.2, 0) is 29.8 Å². The lowest BCUT2D eigenvalue weighted by Gasteiger charge is -2.68. The first-order valence-electron chi connectivity index (χ1n) is 19.8. The Kier molecular flexibility index (Phi) is 5.17. The smallest absolute Gasteiger partial charge is 0.335 e. The highest BCUT2D eigenvalue weighted by atomic mass is 16.5. The van der Waals surface area contributed by atoms with E-state index in [1.807, 2.05) is 7.11 Å². The molecule has 2 aromatic rings. The minimum atomic E-state index is -0.268. The number of nitrogens with zero attached hydrogens (tertiary/aromatic N) is 2. The molecule has 9 nitrogen and oxygen atoms in total. The van der Waals surface area contributed by atoms with E-state index in [0.29, 0.717) is 24.5 Å². The van der Waals surface area contributed by atoms with Crippen LogP contribution in [-0.4, -0.2) is 99.2 Å². The van der Waals surface area contributed by atoms with Crippen LogP contribution in [0.1, 0.15) is 62.5 Å². The Hall–Kier alpha value is -3.11.